The van der Waals surface area contributed by atoms with Crippen molar-refractivity contribution in [2.75, 3.05) is 6.54 Å². The van der Waals surface area contributed by atoms with E-state index in [0.29, 0.717) is 30.3 Å². The van der Waals surface area contributed by atoms with Crippen LogP contribution in [0.3, 0.4) is 0 Å². The van der Waals surface area contributed by atoms with Gasteiger partial charge in [0.1, 0.15) is 24.2 Å². The third-order valence-electron chi connectivity index (χ3n) is 5.80. The summed E-state index contributed by atoms with van der Waals surface area (Å²) in [7, 11) is 0. The van der Waals surface area contributed by atoms with Gasteiger partial charge >= 0.3 is 0 Å². The molecule has 1 fully saturated rings. The van der Waals surface area contributed by atoms with Gasteiger partial charge in [-0.2, -0.15) is 0 Å². The zero-order valence-corrected chi connectivity index (χ0v) is 18.3. The number of nitrogens with zero attached hydrogens (tertiary/aromatic N) is 2. The van der Waals surface area contributed by atoms with Gasteiger partial charge in [-0.25, -0.2) is 4.39 Å². The van der Waals surface area contributed by atoms with E-state index in [2.05, 4.69) is 5.32 Å². The van der Waals surface area contributed by atoms with E-state index in [0.717, 1.165) is 0 Å². The summed E-state index contributed by atoms with van der Waals surface area (Å²) in [6.45, 7) is 0.254. The number of likely N-dealkylation sites (tertiary alicyclic amines) is 1. The summed E-state index contributed by atoms with van der Waals surface area (Å²) in [6.07, 6.45) is 2.61. The first kappa shape index (κ1) is 22.6. The van der Waals surface area contributed by atoms with Gasteiger partial charge in [-0.3, -0.25) is 14.4 Å². The van der Waals surface area contributed by atoms with Gasteiger partial charge < -0.3 is 25.6 Å². The molecule has 1 unspecified atom stereocenters. The Morgan fingerprint density at radius 1 is 1.24 bits per heavy atom. The second-order valence-electron chi connectivity index (χ2n) is 7.91. The summed E-state index contributed by atoms with van der Waals surface area (Å²) in [5.41, 5.74) is 6.45. The molecule has 4 rings (SSSR count). The van der Waals surface area contributed by atoms with Crippen LogP contribution in [0.25, 0.3) is 10.9 Å². The van der Waals surface area contributed by atoms with Gasteiger partial charge in [-0.05, 0) is 37.1 Å². The lowest BCUT2D eigenvalue weighted by Crippen LogP contribution is -2.46. The van der Waals surface area contributed by atoms with Gasteiger partial charge in [-0.15, -0.1) is 0 Å². The molecule has 2 heterocycles. The molecule has 3 aromatic rings. The molecule has 1 saturated heterocycles. The smallest absolute Gasteiger partial charge is 0.250 e. The number of aromatic hydroxyl groups is 1. The fourth-order valence-corrected chi connectivity index (χ4v) is 4.37. The molecule has 2 aromatic carbocycles. The Labute approximate surface area is 193 Å². The minimum Gasteiger partial charge on any atom is -0.508 e. The van der Waals surface area contributed by atoms with Crippen molar-refractivity contribution in [3.63, 3.8) is 0 Å². The number of hydrogen-bond donors (Lipinski definition) is 3. The number of nitrogens with one attached hydrogen (secondary N) is 1. The number of phenolic OH excluding ortho intramolecular Hbond substituents is 1. The second-order valence-corrected chi connectivity index (χ2v) is 8.32. The molecule has 3 amide bonds. The lowest BCUT2D eigenvalue weighted by Gasteiger charge is -2.24. The van der Waals surface area contributed by atoms with Gasteiger partial charge in [0.25, 0.3) is 5.91 Å². The Morgan fingerprint density at radius 3 is 2.79 bits per heavy atom. The molecule has 10 heteroatoms. The molecular formula is C23H22ClFN4O4. The zero-order chi connectivity index (χ0) is 23.7. The number of primary amides is 1. The first-order valence-electron chi connectivity index (χ1n) is 10.4. The van der Waals surface area contributed by atoms with E-state index < -0.39 is 17.8 Å². The monoisotopic (exact) mass is 472 g/mol. The number of fused-ring (bicyclic) bond motifs is 1. The molecule has 0 radical (unpaired) electrons. The number of carbonyl (C=O) groups excluding carboxylic acids is 3. The highest BCUT2D eigenvalue weighted by Gasteiger charge is 2.34. The second kappa shape index (κ2) is 9.11. The van der Waals surface area contributed by atoms with Crippen molar-refractivity contribution in [3.05, 3.63) is 64.6 Å². The van der Waals surface area contributed by atoms with E-state index in [4.69, 9.17) is 17.3 Å². The van der Waals surface area contributed by atoms with Crippen molar-refractivity contribution < 1.29 is 23.9 Å². The van der Waals surface area contributed by atoms with Crippen molar-refractivity contribution >= 4 is 40.2 Å². The normalized spacial score (nSPS) is 15.7. The number of benzene rings is 2. The van der Waals surface area contributed by atoms with E-state index >= 15 is 0 Å². The standard InChI is InChI=1S/C23H22ClFN4O4/c24-17-4-1-3-13(21(17)25)10-27-23(33)19-5-2-8-29(19)20(31)12-28-11-16(22(26)32)15-9-14(30)6-7-18(15)28/h1,3-4,6-7,9,11,19,30H,2,5,8,10,12H2,(H2,26,32)(H,27,33). The van der Waals surface area contributed by atoms with E-state index in [-0.39, 0.29) is 46.8 Å². The SMILES string of the molecule is NC(=O)c1cn(CC(=O)N2CCCC2C(=O)NCc2cccc(Cl)c2F)c2ccc(O)cc12. The van der Waals surface area contributed by atoms with Crippen LogP contribution in [0.1, 0.15) is 28.8 Å². The van der Waals surface area contributed by atoms with E-state index in [9.17, 15) is 23.9 Å². The maximum absolute atomic E-state index is 14.1. The maximum Gasteiger partial charge on any atom is 0.250 e. The Kier molecular flexibility index (Phi) is 6.24. The summed E-state index contributed by atoms with van der Waals surface area (Å²) in [6, 6.07) is 8.34. The number of nitrogens with two attached hydrogens (primary N) is 1. The van der Waals surface area contributed by atoms with Crippen LogP contribution in [-0.4, -0.2) is 44.9 Å². The summed E-state index contributed by atoms with van der Waals surface area (Å²) < 4.78 is 15.7. The average molecular weight is 473 g/mol. The Hall–Kier alpha value is -3.59. The lowest BCUT2D eigenvalue weighted by atomic mass is 10.1. The van der Waals surface area contributed by atoms with Gasteiger partial charge in [-0.1, -0.05) is 23.7 Å². The predicted molar refractivity (Wildman–Crippen MR) is 120 cm³/mol. The number of phenols is 1. The summed E-state index contributed by atoms with van der Waals surface area (Å²) >= 11 is 5.78. The fourth-order valence-electron chi connectivity index (χ4n) is 4.17. The van der Waals surface area contributed by atoms with Crippen molar-refractivity contribution in [1.82, 2.24) is 14.8 Å². The molecule has 0 spiro atoms. The number of amides is 3. The third-order valence-corrected chi connectivity index (χ3v) is 6.09. The summed E-state index contributed by atoms with van der Waals surface area (Å²) in [5, 5.41) is 12.8. The fraction of sp³-hybridized carbons (Fsp3) is 0.261. The summed E-state index contributed by atoms with van der Waals surface area (Å²) in [5.74, 6) is -1.97. The number of hydrogen-bond acceptors (Lipinski definition) is 4. The highest BCUT2D eigenvalue weighted by Crippen LogP contribution is 2.26. The number of halogens is 2. The quantitative estimate of drug-likeness (QED) is 0.511. The van der Waals surface area contributed by atoms with Crippen molar-refractivity contribution in [2.45, 2.75) is 32.0 Å². The van der Waals surface area contributed by atoms with Crippen molar-refractivity contribution in [3.8, 4) is 5.75 Å². The molecule has 4 N–H and O–H groups in total. The molecule has 0 aliphatic carbocycles. The minimum absolute atomic E-state index is 0.0259. The molecule has 0 bridgehead atoms. The van der Waals surface area contributed by atoms with Crippen LogP contribution >= 0.6 is 11.6 Å². The Bertz CT molecular complexity index is 1260. The molecule has 8 nitrogen and oxygen atoms in total. The van der Waals surface area contributed by atoms with E-state index in [1.807, 2.05) is 0 Å². The highest BCUT2D eigenvalue weighted by atomic mass is 35.5. The largest absolute Gasteiger partial charge is 0.508 e. The van der Waals surface area contributed by atoms with Crippen LogP contribution in [0.2, 0.25) is 5.02 Å². The molecule has 1 aliphatic rings. The van der Waals surface area contributed by atoms with Gasteiger partial charge in [0.2, 0.25) is 11.8 Å². The molecule has 172 valence electrons. The predicted octanol–water partition coefficient (Wildman–Crippen LogP) is 2.55. The van der Waals surface area contributed by atoms with Gasteiger partial charge in [0, 0.05) is 35.8 Å². The van der Waals surface area contributed by atoms with Crippen LogP contribution in [-0.2, 0) is 22.7 Å². The van der Waals surface area contributed by atoms with Crippen LogP contribution in [0.5, 0.6) is 5.75 Å². The molecule has 1 aliphatic heterocycles. The lowest BCUT2D eigenvalue weighted by molar-refractivity contribution is -0.138. The first-order chi connectivity index (χ1) is 15.8. The van der Waals surface area contributed by atoms with Crippen molar-refractivity contribution in [1.29, 1.82) is 0 Å². The van der Waals surface area contributed by atoms with Crippen LogP contribution in [0.15, 0.2) is 42.6 Å². The van der Waals surface area contributed by atoms with Crippen molar-refractivity contribution in [2.24, 2.45) is 5.73 Å². The first-order valence-corrected chi connectivity index (χ1v) is 10.8. The summed E-state index contributed by atoms with van der Waals surface area (Å²) in [4.78, 5) is 39.1. The minimum atomic E-state index is -0.679. The van der Waals surface area contributed by atoms with Gasteiger partial charge in [0.05, 0.1) is 10.6 Å². The number of aromatic nitrogens is 1. The average Bonchev–Trinajstić information content (AvgIpc) is 3.40. The van der Waals surface area contributed by atoms with Crippen LogP contribution in [0, 0.1) is 5.82 Å². The number of carbonyl (C=O) groups is 3. The molecule has 0 saturated carbocycles. The Balaban J connectivity index is 1.49. The van der Waals surface area contributed by atoms with E-state index in [1.54, 1.807) is 16.7 Å². The van der Waals surface area contributed by atoms with E-state index in [1.165, 1.54) is 35.4 Å². The third kappa shape index (κ3) is 4.49. The molecule has 1 aromatic heterocycles. The Morgan fingerprint density at radius 2 is 2.03 bits per heavy atom. The van der Waals surface area contributed by atoms with Gasteiger partial charge in [0.15, 0.2) is 0 Å². The number of rotatable bonds is 6. The zero-order valence-electron chi connectivity index (χ0n) is 17.6. The molecular weight excluding hydrogens is 451 g/mol. The van der Waals surface area contributed by atoms with Crippen LogP contribution in [0.4, 0.5) is 4.39 Å². The maximum atomic E-state index is 14.1. The highest BCUT2D eigenvalue weighted by molar-refractivity contribution is 6.30. The topological polar surface area (TPSA) is 118 Å². The van der Waals surface area contributed by atoms with Crippen LogP contribution < -0.4 is 11.1 Å². The molecule has 1 atom stereocenters. The molecule has 33 heavy (non-hydrogen) atoms.